The van der Waals surface area contributed by atoms with E-state index < -0.39 is 5.97 Å². The number of piperazine rings is 1. The summed E-state index contributed by atoms with van der Waals surface area (Å²) in [6.07, 6.45) is 3.51. The third-order valence-corrected chi connectivity index (χ3v) is 4.85. The van der Waals surface area contributed by atoms with Crippen molar-refractivity contribution in [3.63, 3.8) is 0 Å². The van der Waals surface area contributed by atoms with Gasteiger partial charge in [0.25, 0.3) is 0 Å². The number of ether oxygens (including phenoxy) is 2. The van der Waals surface area contributed by atoms with Crippen LogP contribution in [-0.4, -0.2) is 73.4 Å². The van der Waals surface area contributed by atoms with Crippen LogP contribution in [0.5, 0.6) is 5.75 Å². The summed E-state index contributed by atoms with van der Waals surface area (Å²) in [5.74, 6) is 0.585. The van der Waals surface area contributed by atoms with Crippen LogP contribution < -0.4 is 15.0 Å². The third-order valence-electron chi connectivity index (χ3n) is 4.85. The maximum absolute atomic E-state index is 12.6. The highest BCUT2D eigenvalue weighted by molar-refractivity contribution is 5.98. The van der Waals surface area contributed by atoms with E-state index in [1.54, 1.807) is 35.0 Å². The van der Waals surface area contributed by atoms with Gasteiger partial charge >= 0.3 is 5.97 Å². The van der Waals surface area contributed by atoms with Gasteiger partial charge in [0.15, 0.2) is 5.96 Å². The zero-order valence-corrected chi connectivity index (χ0v) is 17.6. The molecule has 160 valence electrons. The molecule has 0 unspecified atom stereocenters. The average Bonchev–Trinajstić information content (AvgIpc) is 3.19. The number of aliphatic imine (C=N–C) groups is 1. The van der Waals surface area contributed by atoms with Gasteiger partial charge in [0.05, 0.1) is 26.1 Å². The average molecular weight is 414 g/mol. The van der Waals surface area contributed by atoms with Gasteiger partial charge < -0.3 is 24.6 Å². The number of aromatic nitrogens is 2. The lowest BCUT2D eigenvalue weighted by Gasteiger charge is -2.35. The number of hydrogen-bond acceptors (Lipinski definition) is 6. The maximum atomic E-state index is 12.6. The van der Waals surface area contributed by atoms with Crippen LogP contribution >= 0.6 is 0 Å². The van der Waals surface area contributed by atoms with Crippen molar-refractivity contribution >= 4 is 23.5 Å². The minimum Gasteiger partial charge on any atom is -0.496 e. The lowest BCUT2D eigenvalue weighted by atomic mass is 10.1. The molecule has 0 atom stereocenters. The number of esters is 1. The van der Waals surface area contributed by atoms with Gasteiger partial charge in [-0.1, -0.05) is 6.07 Å². The fourth-order valence-corrected chi connectivity index (χ4v) is 3.32. The van der Waals surface area contributed by atoms with Gasteiger partial charge in [-0.15, -0.1) is 0 Å². The van der Waals surface area contributed by atoms with E-state index in [1.807, 2.05) is 24.2 Å². The van der Waals surface area contributed by atoms with Gasteiger partial charge in [0.1, 0.15) is 17.9 Å². The molecule has 1 aromatic carbocycles. The Balaban J connectivity index is 1.64. The Labute approximate surface area is 175 Å². The van der Waals surface area contributed by atoms with Gasteiger partial charge in [-0.25, -0.2) is 4.79 Å². The lowest BCUT2D eigenvalue weighted by molar-refractivity contribution is -0.120. The summed E-state index contributed by atoms with van der Waals surface area (Å²) in [4.78, 5) is 32.5. The third kappa shape index (κ3) is 4.53. The number of nitrogens with zero attached hydrogens (tertiary/aromatic N) is 5. The van der Waals surface area contributed by atoms with Crippen molar-refractivity contribution in [2.75, 3.05) is 45.8 Å². The Morgan fingerprint density at radius 3 is 2.70 bits per heavy atom. The van der Waals surface area contributed by atoms with E-state index >= 15 is 0 Å². The summed E-state index contributed by atoms with van der Waals surface area (Å²) in [6.45, 7) is 1.82. The molecule has 3 rings (SSSR count). The SMILES string of the molecule is CN=C(NCc1ccc(OC)c(C(=O)OC)c1)N1CCN(c2cnn(C)c2)C(=O)C1. The zero-order valence-electron chi connectivity index (χ0n) is 17.6. The first-order valence-corrected chi connectivity index (χ1v) is 9.46. The molecule has 10 heteroatoms. The monoisotopic (exact) mass is 414 g/mol. The van der Waals surface area contributed by atoms with Crippen LogP contribution in [0.25, 0.3) is 0 Å². The molecule has 0 spiro atoms. The number of hydrogen-bond donors (Lipinski definition) is 1. The van der Waals surface area contributed by atoms with Gasteiger partial charge in [-0.05, 0) is 17.7 Å². The van der Waals surface area contributed by atoms with E-state index in [0.717, 1.165) is 11.3 Å². The predicted octanol–water partition coefficient (Wildman–Crippen LogP) is 0.640. The van der Waals surface area contributed by atoms with Crippen LogP contribution in [0.15, 0.2) is 35.6 Å². The molecule has 0 radical (unpaired) electrons. The highest BCUT2D eigenvalue weighted by atomic mass is 16.5. The van der Waals surface area contributed by atoms with Gasteiger partial charge in [0.2, 0.25) is 5.91 Å². The summed E-state index contributed by atoms with van der Waals surface area (Å²) < 4.78 is 11.7. The van der Waals surface area contributed by atoms with E-state index in [9.17, 15) is 9.59 Å². The molecule has 1 aromatic heterocycles. The summed E-state index contributed by atoms with van der Waals surface area (Å²) in [5, 5.41) is 7.38. The van der Waals surface area contributed by atoms with E-state index in [1.165, 1.54) is 14.2 Å². The number of carbonyl (C=O) groups is 2. The van der Waals surface area contributed by atoms with Crippen molar-refractivity contribution in [2.45, 2.75) is 6.54 Å². The Hall–Kier alpha value is -3.56. The van der Waals surface area contributed by atoms with E-state index in [0.29, 0.717) is 36.9 Å². The molecule has 1 saturated heterocycles. The first-order chi connectivity index (χ1) is 14.5. The topological polar surface area (TPSA) is 101 Å². The van der Waals surface area contributed by atoms with Crippen LogP contribution in [-0.2, 0) is 23.1 Å². The maximum Gasteiger partial charge on any atom is 0.341 e. The Morgan fingerprint density at radius 1 is 1.30 bits per heavy atom. The second kappa shape index (κ2) is 9.29. The molecule has 1 fully saturated rings. The Kier molecular flexibility index (Phi) is 6.55. The normalized spacial score (nSPS) is 14.7. The highest BCUT2D eigenvalue weighted by Crippen LogP contribution is 2.21. The summed E-state index contributed by atoms with van der Waals surface area (Å²) in [5.41, 5.74) is 2.01. The number of aryl methyl sites for hydroxylation is 1. The highest BCUT2D eigenvalue weighted by Gasteiger charge is 2.27. The minimum absolute atomic E-state index is 0.0189. The first kappa shape index (κ1) is 21.2. The van der Waals surface area contributed by atoms with Crippen molar-refractivity contribution < 1.29 is 19.1 Å². The molecule has 2 heterocycles. The molecule has 2 aromatic rings. The number of nitrogens with one attached hydrogen (secondary N) is 1. The Morgan fingerprint density at radius 2 is 2.10 bits per heavy atom. The van der Waals surface area contributed by atoms with Crippen molar-refractivity contribution in [1.29, 1.82) is 0 Å². The van der Waals surface area contributed by atoms with E-state index in [4.69, 9.17) is 9.47 Å². The second-order valence-corrected chi connectivity index (χ2v) is 6.77. The number of rotatable bonds is 5. The van der Waals surface area contributed by atoms with Crippen molar-refractivity contribution in [3.05, 3.63) is 41.7 Å². The molecule has 30 heavy (non-hydrogen) atoms. The van der Waals surface area contributed by atoms with Crippen LogP contribution in [0.2, 0.25) is 0 Å². The minimum atomic E-state index is -0.463. The molecular weight excluding hydrogens is 388 g/mol. The number of anilines is 1. The zero-order chi connectivity index (χ0) is 21.7. The molecule has 1 aliphatic heterocycles. The van der Waals surface area contributed by atoms with Crippen LogP contribution in [0.4, 0.5) is 5.69 Å². The fraction of sp³-hybridized carbons (Fsp3) is 0.400. The number of carbonyl (C=O) groups excluding carboxylic acids is 2. The number of guanidine groups is 1. The van der Waals surface area contributed by atoms with Crippen molar-refractivity contribution in [1.82, 2.24) is 20.0 Å². The van der Waals surface area contributed by atoms with Gasteiger partial charge in [0, 0.05) is 39.9 Å². The van der Waals surface area contributed by atoms with Crippen LogP contribution in [0, 0.1) is 0 Å². The predicted molar refractivity (Wildman–Crippen MR) is 112 cm³/mol. The molecule has 0 bridgehead atoms. The van der Waals surface area contributed by atoms with Crippen molar-refractivity contribution in [3.8, 4) is 5.75 Å². The summed E-state index contributed by atoms with van der Waals surface area (Å²) in [6, 6.07) is 5.30. The van der Waals surface area contributed by atoms with Gasteiger partial charge in [-0.3, -0.25) is 14.5 Å². The molecule has 1 N–H and O–H groups in total. The van der Waals surface area contributed by atoms with Crippen LogP contribution in [0.1, 0.15) is 15.9 Å². The summed E-state index contributed by atoms with van der Waals surface area (Å²) in [7, 11) is 6.33. The smallest absolute Gasteiger partial charge is 0.341 e. The number of amides is 1. The molecule has 0 aliphatic carbocycles. The largest absolute Gasteiger partial charge is 0.496 e. The number of benzene rings is 1. The first-order valence-electron chi connectivity index (χ1n) is 9.46. The molecule has 0 saturated carbocycles. The standard InChI is InChI=1S/C20H26N6O4/c1-21-20(22-10-14-5-6-17(29-3)16(9-14)19(28)30-4)25-7-8-26(18(27)13-25)15-11-23-24(2)12-15/h5-6,9,11-12H,7-8,10,13H2,1-4H3,(H,21,22). The molecule has 1 amide bonds. The van der Waals surface area contributed by atoms with E-state index in [-0.39, 0.29) is 12.5 Å². The van der Waals surface area contributed by atoms with Crippen LogP contribution in [0.3, 0.4) is 0 Å². The quantitative estimate of drug-likeness (QED) is 0.435. The molecular formula is C20H26N6O4. The van der Waals surface area contributed by atoms with Crippen molar-refractivity contribution in [2.24, 2.45) is 12.0 Å². The fourth-order valence-electron chi connectivity index (χ4n) is 3.32. The molecule has 10 nitrogen and oxygen atoms in total. The molecule has 1 aliphatic rings. The Bertz CT molecular complexity index is 955. The second-order valence-electron chi connectivity index (χ2n) is 6.77. The van der Waals surface area contributed by atoms with E-state index in [2.05, 4.69) is 15.4 Å². The number of methoxy groups -OCH3 is 2. The van der Waals surface area contributed by atoms with Gasteiger partial charge in [-0.2, -0.15) is 5.10 Å². The lowest BCUT2D eigenvalue weighted by Crippen LogP contribution is -2.55. The summed E-state index contributed by atoms with van der Waals surface area (Å²) >= 11 is 0.